The average molecular weight is 264 g/mol. The zero-order valence-corrected chi connectivity index (χ0v) is 9.65. The van der Waals surface area contributed by atoms with Crippen molar-refractivity contribution in [2.45, 2.75) is 6.18 Å². The highest BCUT2D eigenvalue weighted by molar-refractivity contribution is 5.96. The third-order valence-corrected chi connectivity index (χ3v) is 2.32. The number of quaternary nitrogens is 1. The molecule has 0 spiro atoms. The molecule has 0 bridgehead atoms. The maximum absolute atomic E-state index is 12.2. The number of rotatable bonds is 2. The van der Waals surface area contributed by atoms with Gasteiger partial charge >= 0.3 is 18.1 Å². The second-order valence-electron chi connectivity index (χ2n) is 3.81. The van der Waals surface area contributed by atoms with Crippen LogP contribution in [-0.4, -0.2) is 54.5 Å². The Morgan fingerprint density at radius 2 is 2.11 bits per heavy atom. The number of carbonyl (C=O) groups is 2. The summed E-state index contributed by atoms with van der Waals surface area (Å²) in [6, 6.07) is -0.986. The van der Waals surface area contributed by atoms with E-state index in [2.05, 4.69) is 11.2 Å². The molecule has 1 aliphatic rings. The molecule has 3 amide bonds. The van der Waals surface area contributed by atoms with E-state index in [4.69, 9.17) is 5.73 Å². The molecule has 0 aromatic rings. The van der Waals surface area contributed by atoms with Crippen LogP contribution in [-0.2, 0) is 4.79 Å². The summed E-state index contributed by atoms with van der Waals surface area (Å²) >= 11 is 0. The van der Waals surface area contributed by atoms with Gasteiger partial charge in [0.15, 0.2) is 0 Å². The second-order valence-corrected chi connectivity index (χ2v) is 3.81. The molecule has 1 heterocycles. The van der Waals surface area contributed by atoms with Crippen LogP contribution in [0.3, 0.4) is 0 Å². The molecule has 1 atom stereocenters. The van der Waals surface area contributed by atoms with Crippen molar-refractivity contribution in [2.24, 2.45) is 10.8 Å². The Labute approximate surface area is 101 Å². The number of halogens is 3. The van der Waals surface area contributed by atoms with E-state index in [0.29, 0.717) is 4.90 Å². The van der Waals surface area contributed by atoms with E-state index >= 15 is 0 Å². The minimum atomic E-state index is -4.53. The van der Waals surface area contributed by atoms with Gasteiger partial charge in [0.2, 0.25) is 5.70 Å². The van der Waals surface area contributed by atoms with Gasteiger partial charge in [0, 0.05) is 7.05 Å². The molecule has 18 heavy (non-hydrogen) atoms. The van der Waals surface area contributed by atoms with Crippen molar-refractivity contribution in [3.8, 4) is 0 Å². The van der Waals surface area contributed by atoms with Gasteiger partial charge in [-0.15, -0.1) is 0 Å². The zero-order chi connectivity index (χ0) is 14.1. The van der Waals surface area contributed by atoms with Crippen LogP contribution in [0.5, 0.6) is 0 Å². The van der Waals surface area contributed by atoms with E-state index in [9.17, 15) is 22.8 Å². The molecule has 0 fully saturated rings. The second kappa shape index (κ2) is 4.41. The van der Waals surface area contributed by atoms with E-state index in [1.807, 2.05) is 0 Å². The summed E-state index contributed by atoms with van der Waals surface area (Å²) in [5.41, 5.74) is 4.70. The van der Waals surface area contributed by atoms with Crippen LogP contribution in [0, 0.1) is 6.08 Å². The van der Waals surface area contributed by atoms with Crippen LogP contribution in [0.4, 0.5) is 18.0 Å². The number of hydrogen-bond donors (Lipinski definition) is 1. The number of nitrogens with zero attached hydrogens (tertiary/aromatic N) is 3. The van der Waals surface area contributed by atoms with Crippen LogP contribution in [0.1, 0.15) is 0 Å². The summed E-state index contributed by atoms with van der Waals surface area (Å²) in [7, 11) is 2.15. The van der Waals surface area contributed by atoms with Gasteiger partial charge in [-0.25, -0.2) is 4.79 Å². The normalized spacial score (nSPS) is 22.8. The van der Waals surface area contributed by atoms with E-state index in [-0.39, 0.29) is 5.70 Å². The first-order chi connectivity index (χ1) is 8.08. The van der Waals surface area contributed by atoms with Gasteiger partial charge in [-0.05, 0) is 0 Å². The average Bonchev–Trinajstić information content (AvgIpc) is 2.58. The smallest absolute Gasteiger partial charge is 0.328 e. The first-order valence-corrected chi connectivity index (χ1v) is 4.75. The third kappa shape index (κ3) is 2.67. The van der Waals surface area contributed by atoms with Crippen molar-refractivity contribution in [3.63, 3.8) is 0 Å². The van der Waals surface area contributed by atoms with Crippen LogP contribution in [0.2, 0.25) is 0 Å². The van der Waals surface area contributed by atoms with Gasteiger partial charge in [0.05, 0.1) is 12.3 Å². The highest BCUT2D eigenvalue weighted by Crippen LogP contribution is 2.23. The van der Waals surface area contributed by atoms with Crippen LogP contribution in [0.25, 0.3) is 0 Å². The number of hydrogen-bond acceptors (Lipinski definition) is 3. The summed E-state index contributed by atoms with van der Waals surface area (Å²) < 4.78 is 35.5. The molecule has 1 rings (SSSR count). The molecular weight excluding hydrogens is 253 g/mol. The zero-order valence-electron chi connectivity index (χ0n) is 9.65. The molecule has 99 valence electrons. The lowest BCUT2D eigenvalue weighted by Gasteiger charge is -2.24. The van der Waals surface area contributed by atoms with E-state index in [1.165, 1.54) is 7.05 Å². The maximum Gasteiger partial charge on any atom is 0.445 e. The van der Waals surface area contributed by atoms with Crippen molar-refractivity contribution in [2.75, 3.05) is 20.6 Å². The highest BCUT2D eigenvalue weighted by atomic mass is 19.4. The fraction of sp³-hybridized carbons (Fsp3) is 0.444. The molecule has 2 N–H and O–H groups in total. The maximum atomic E-state index is 12.2. The molecule has 0 saturated carbocycles. The molecule has 1 unspecified atom stereocenters. The first kappa shape index (κ1) is 14.2. The van der Waals surface area contributed by atoms with E-state index in [0.717, 1.165) is 13.3 Å². The van der Waals surface area contributed by atoms with Gasteiger partial charge in [-0.1, -0.05) is 9.69 Å². The monoisotopic (exact) mass is 264 g/mol. The lowest BCUT2D eigenvalue weighted by atomic mass is 10.3. The van der Waals surface area contributed by atoms with Crippen molar-refractivity contribution in [3.05, 3.63) is 11.8 Å². The summed E-state index contributed by atoms with van der Waals surface area (Å²) in [6.45, 7) is -1.43. The fourth-order valence-electron chi connectivity index (χ4n) is 1.33. The van der Waals surface area contributed by atoms with Gasteiger partial charge in [0.25, 0.3) is 0 Å². The number of carbonyl (C=O) groups excluding carboxylic acids is 2. The Bertz CT molecular complexity index is 444. The number of nitrogens with two attached hydrogens (primary N) is 1. The van der Waals surface area contributed by atoms with E-state index in [1.54, 1.807) is 0 Å². The summed E-state index contributed by atoms with van der Waals surface area (Å²) in [5, 5.41) is 3.61. The van der Waals surface area contributed by atoms with Crippen LogP contribution < -0.4 is 5.73 Å². The number of urea groups is 1. The Morgan fingerprint density at radius 3 is 2.56 bits per heavy atom. The largest absolute Gasteiger partial charge is 0.445 e. The number of allylic oxidation sites excluding steroid dienone is 1. The molecule has 6 nitrogen and oxygen atoms in total. The standard InChI is InChI=1S/C9H10F3N4O2/c1-15(5-9(10,11)12)7(17)6-3-4-14-16(6,2)8(13)18/h4H,5H2,1-2H3,(H-,13,18)/p+1. The lowest BCUT2D eigenvalue weighted by molar-refractivity contribution is -0.788. The van der Waals surface area contributed by atoms with Crippen LogP contribution >= 0.6 is 0 Å². The molecule has 1 aliphatic heterocycles. The Hall–Kier alpha value is -1.90. The van der Waals surface area contributed by atoms with Gasteiger partial charge in [-0.2, -0.15) is 13.2 Å². The van der Waals surface area contributed by atoms with E-state index < -0.39 is 29.3 Å². The summed E-state index contributed by atoms with van der Waals surface area (Å²) in [5.74, 6) is -1.01. The Balaban J connectivity index is 2.90. The summed E-state index contributed by atoms with van der Waals surface area (Å²) in [6.07, 6.45) is -1.17. The number of alkyl halides is 3. The number of amides is 3. The number of likely N-dealkylation sites (N-methyl/N-ethyl adjacent to an activating group) is 2. The Kier molecular flexibility index (Phi) is 3.47. The predicted molar refractivity (Wildman–Crippen MR) is 54.7 cm³/mol. The van der Waals surface area contributed by atoms with Gasteiger partial charge in [-0.3, -0.25) is 4.79 Å². The lowest BCUT2D eigenvalue weighted by Crippen LogP contribution is -2.51. The molecular formula is C9H11F3N4O2+. The Morgan fingerprint density at radius 1 is 1.56 bits per heavy atom. The molecule has 0 aromatic heterocycles. The number of primary amides is 1. The van der Waals surface area contributed by atoms with Crippen molar-refractivity contribution >= 4 is 18.2 Å². The van der Waals surface area contributed by atoms with Crippen molar-refractivity contribution in [1.82, 2.24) is 4.90 Å². The SMILES string of the molecule is CN(CC(F)(F)F)C(=O)C1=[C]C=N[N+]1(C)C(N)=O. The minimum Gasteiger partial charge on any atom is -0.328 e. The predicted octanol–water partition coefficient (Wildman–Crippen LogP) is 0.219. The fourth-order valence-corrected chi connectivity index (χ4v) is 1.33. The molecule has 0 aromatic carbocycles. The molecule has 1 radical (unpaired) electrons. The first-order valence-electron chi connectivity index (χ1n) is 4.75. The van der Waals surface area contributed by atoms with Crippen molar-refractivity contribution < 1.29 is 27.4 Å². The quantitative estimate of drug-likeness (QED) is 0.724. The van der Waals surface area contributed by atoms with Gasteiger partial charge in [0.1, 0.15) is 13.6 Å². The highest BCUT2D eigenvalue weighted by Gasteiger charge is 2.45. The summed E-state index contributed by atoms with van der Waals surface area (Å²) in [4.78, 5) is 23.4. The molecule has 9 heteroatoms. The van der Waals surface area contributed by atoms with Crippen molar-refractivity contribution in [1.29, 1.82) is 0 Å². The molecule has 0 aliphatic carbocycles. The molecule has 0 saturated heterocycles. The minimum absolute atomic E-state index is 0.353. The topological polar surface area (TPSA) is 75.8 Å². The van der Waals surface area contributed by atoms with Crippen LogP contribution in [0.15, 0.2) is 10.8 Å². The third-order valence-electron chi connectivity index (χ3n) is 2.32. The van der Waals surface area contributed by atoms with Gasteiger partial charge < -0.3 is 10.6 Å².